The van der Waals surface area contributed by atoms with E-state index in [-0.39, 0.29) is 23.3 Å². The van der Waals surface area contributed by atoms with E-state index in [4.69, 9.17) is 10.5 Å². The number of hydrogen-bond acceptors (Lipinski definition) is 4. The highest BCUT2D eigenvalue weighted by molar-refractivity contribution is 7.89. The predicted octanol–water partition coefficient (Wildman–Crippen LogP) is 3.36. The number of nitrogen functional groups attached to an aromatic ring is 1. The van der Waals surface area contributed by atoms with Crippen LogP contribution in [-0.2, 0) is 16.4 Å². The molecule has 3 rings (SSSR count). The Hall–Kier alpha value is -1.76. The first-order valence-electron chi connectivity index (χ1n) is 7.96. The molecule has 0 saturated carbocycles. The van der Waals surface area contributed by atoms with Crippen LogP contribution in [0, 0.1) is 6.92 Å². The summed E-state index contributed by atoms with van der Waals surface area (Å²) in [5.41, 5.74) is 9.36. The topological polar surface area (TPSA) is 81.4 Å². The molecule has 0 saturated heterocycles. The van der Waals surface area contributed by atoms with Gasteiger partial charge in [-0.3, -0.25) is 0 Å². The first-order valence-corrected chi connectivity index (χ1v) is 9.44. The summed E-state index contributed by atoms with van der Waals surface area (Å²) in [5.74, 6) is 0.643. The van der Waals surface area contributed by atoms with Crippen molar-refractivity contribution in [3.8, 4) is 5.75 Å². The van der Waals surface area contributed by atoms with Crippen LogP contribution >= 0.6 is 12.4 Å². The summed E-state index contributed by atoms with van der Waals surface area (Å²) in [4.78, 5) is 0.283. The van der Waals surface area contributed by atoms with Crippen LogP contribution in [0.25, 0.3) is 0 Å². The molecule has 1 unspecified atom stereocenters. The lowest BCUT2D eigenvalue weighted by Crippen LogP contribution is -2.31. The van der Waals surface area contributed by atoms with Crippen LogP contribution in [-0.4, -0.2) is 15.5 Å². The fourth-order valence-electron chi connectivity index (χ4n) is 3.26. The molecule has 0 fully saturated rings. The molecular formula is C18H23ClN2O3S. The van der Waals surface area contributed by atoms with Crippen LogP contribution in [0.3, 0.4) is 0 Å². The van der Waals surface area contributed by atoms with Crippen LogP contribution in [0.4, 0.5) is 5.69 Å². The van der Waals surface area contributed by atoms with Crippen LogP contribution in [0.2, 0.25) is 0 Å². The monoisotopic (exact) mass is 382 g/mol. The minimum absolute atomic E-state index is 0. The molecule has 136 valence electrons. The molecule has 0 aliphatic heterocycles. The van der Waals surface area contributed by atoms with Gasteiger partial charge in [-0.05, 0) is 73.2 Å². The number of aryl methyl sites for hydroxylation is 2. The Morgan fingerprint density at radius 3 is 2.64 bits per heavy atom. The standard InChI is InChI=1S/C18H22N2O3S.ClH/c1-12-10-15(23-2)7-9-18(12)24(21,22)20-17-5-3-4-13-11-14(19)6-8-16(13)17;/h6-11,17,20H,3-5,19H2,1-2H3;1H. The maximum absolute atomic E-state index is 12.8. The van der Waals surface area contributed by atoms with Crippen molar-refractivity contribution in [2.75, 3.05) is 12.8 Å². The number of nitrogens with two attached hydrogens (primary N) is 1. The third-order valence-corrected chi connectivity index (χ3v) is 6.08. The highest BCUT2D eigenvalue weighted by Gasteiger charge is 2.26. The summed E-state index contributed by atoms with van der Waals surface area (Å²) in [6.07, 6.45) is 2.65. The SMILES string of the molecule is COc1ccc(S(=O)(=O)NC2CCCc3cc(N)ccc32)c(C)c1.Cl. The van der Waals surface area contributed by atoms with Gasteiger partial charge in [0.1, 0.15) is 5.75 Å². The fourth-order valence-corrected chi connectivity index (χ4v) is 4.73. The molecule has 0 spiro atoms. The van der Waals surface area contributed by atoms with Crippen LogP contribution in [0.5, 0.6) is 5.75 Å². The first kappa shape index (κ1) is 19.6. The van der Waals surface area contributed by atoms with E-state index in [1.54, 1.807) is 32.2 Å². The van der Waals surface area contributed by atoms with E-state index in [1.165, 1.54) is 0 Å². The van der Waals surface area contributed by atoms with Crippen molar-refractivity contribution in [2.24, 2.45) is 0 Å². The summed E-state index contributed by atoms with van der Waals surface area (Å²) in [6, 6.07) is 10.4. The van der Waals surface area contributed by atoms with Gasteiger partial charge in [0.15, 0.2) is 0 Å². The maximum atomic E-state index is 12.8. The van der Waals surface area contributed by atoms with E-state index in [1.807, 2.05) is 18.2 Å². The molecule has 0 radical (unpaired) electrons. The Kier molecular flexibility index (Phi) is 5.98. The molecule has 25 heavy (non-hydrogen) atoms. The number of sulfonamides is 1. The largest absolute Gasteiger partial charge is 0.497 e. The number of hydrogen-bond donors (Lipinski definition) is 2. The van der Waals surface area contributed by atoms with Crippen molar-refractivity contribution in [3.63, 3.8) is 0 Å². The number of halogens is 1. The number of ether oxygens (including phenoxy) is 1. The van der Waals surface area contributed by atoms with Gasteiger partial charge < -0.3 is 10.5 Å². The van der Waals surface area contributed by atoms with Crippen LogP contribution < -0.4 is 15.2 Å². The molecule has 5 nitrogen and oxygen atoms in total. The number of fused-ring (bicyclic) bond motifs is 1. The summed E-state index contributed by atoms with van der Waals surface area (Å²) < 4.78 is 33.6. The Balaban J connectivity index is 0.00000225. The number of benzene rings is 2. The maximum Gasteiger partial charge on any atom is 0.241 e. The Labute approximate surface area is 155 Å². The average molecular weight is 383 g/mol. The second-order valence-electron chi connectivity index (χ2n) is 6.16. The number of anilines is 1. The van der Waals surface area contributed by atoms with Gasteiger partial charge in [-0.25, -0.2) is 13.1 Å². The minimum atomic E-state index is -3.61. The Bertz CT molecular complexity index is 869. The fraction of sp³-hybridized carbons (Fsp3) is 0.333. The van der Waals surface area contributed by atoms with Gasteiger partial charge >= 0.3 is 0 Å². The highest BCUT2D eigenvalue weighted by Crippen LogP contribution is 2.32. The van der Waals surface area contributed by atoms with Gasteiger partial charge in [0.2, 0.25) is 10.0 Å². The zero-order valence-electron chi connectivity index (χ0n) is 14.3. The third kappa shape index (κ3) is 4.08. The summed E-state index contributed by atoms with van der Waals surface area (Å²) in [5, 5.41) is 0. The molecule has 0 heterocycles. The zero-order valence-corrected chi connectivity index (χ0v) is 15.9. The van der Waals surface area contributed by atoms with Crippen LogP contribution in [0.15, 0.2) is 41.3 Å². The van der Waals surface area contributed by atoms with E-state index in [0.29, 0.717) is 17.0 Å². The van der Waals surface area contributed by atoms with Gasteiger partial charge in [-0.15, -0.1) is 12.4 Å². The van der Waals surface area contributed by atoms with Gasteiger partial charge in [0, 0.05) is 11.7 Å². The molecule has 1 atom stereocenters. The Morgan fingerprint density at radius 2 is 1.96 bits per heavy atom. The third-order valence-electron chi connectivity index (χ3n) is 4.45. The number of nitrogens with one attached hydrogen (secondary N) is 1. The highest BCUT2D eigenvalue weighted by atomic mass is 35.5. The van der Waals surface area contributed by atoms with E-state index in [9.17, 15) is 8.42 Å². The van der Waals surface area contributed by atoms with E-state index in [2.05, 4.69) is 4.72 Å². The molecule has 1 aliphatic rings. The predicted molar refractivity (Wildman–Crippen MR) is 102 cm³/mol. The molecule has 0 bridgehead atoms. The normalized spacial score (nSPS) is 16.6. The molecule has 0 aromatic heterocycles. The van der Waals surface area contributed by atoms with Crippen LogP contribution in [0.1, 0.15) is 35.6 Å². The van der Waals surface area contributed by atoms with E-state index in [0.717, 1.165) is 30.4 Å². The molecule has 2 aromatic carbocycles. The van der Waals surface area contributed by atoms with Crippen molar-refractivity contribution in [2.45, 2.75) is 37.1 Å². The lowest BCUT2D eigenvalue weighted by molar-refractivity contribution is 0.414. The summed E-state index contributed by atoms with van der Waals surface area (Å²) >= 11 is 0. The lowest BCUT2D eigenvalue weighted by Gasteiger charge is -2.26. The smallest absolute Gasteiger partial charge is 0.241 e. The molecule has 1 aliphatic carbocycles. The number of methoxy groups -OCH3 is 1. The van der Waals surface area contributed by atoms with Crippen molar-refractivity contribution in [1.82, 2.24) is 4.72 Å². The molecule has 0 amide bonds. The second kappa shape index (κ2) is 7.64. The summed E-state index contributed by atoms with van der Waals surface area (Å²) in [6.45, 7) is 1.77. The van der Waals surface area contributed by atoms with Crippen molar-refractivity contribution in [1.29, 1.82) is 0 Å². The molecule has 7 heteroatoms. The zero-order chi connectivity index (χ0) is 17.3. The minimum Gasteiger partial charge on any atom is -0.497 e. The van der Waals surface area contributed by atoms with Gasteiger partial charge in [-0.1, -0.05) is 6.07 Å². The first-order chi connectivity index (χ1) is 11.4. The van der Waals surface area contributed by atoms with Crippen molar-refractivity contribution < 1.29 is 13.2 Å². The van der Waals surface area contributed by atoms with Crippen molar-refractivity contribution >= 4 is 28.1 Å². The van der Waals surface area contributed by atoms with Crippen molar-refractivity contribution in [3.05, 3.63) is 53.1 Å². The molecule has 2 aromatic rings. The Morgan fingerprint density at radius 1 is 1.20 bits per heavy atom. The molecular weight excluding hydrogens is 360 g/mol. The van der Waals surface area contributed by atoms with Gasteiger partial charge in [0.05, 0.1) is 12.0 Å². The summed E-state index contributed by atoms with van der Waals surface area (Å²) in [7, 11) is -2.04. The van der Waals surface area contributed by atoms with E-state index >= 15 is 0 Å². The number of rotatable bonds is 4. The molecule has 3 N–H and O–H groups in total. The lowest BCUT2D eigenvalue weighted by atomic mass is 9.88. The average Bonchev–Trinajstić information content (AvgIpc) is 2.54. The van der Waals surface area contributed by atoms with E-state index < -0.39 is 10.0 Å². The van der Waals surface area contributed by atoms with Gasteiger partial charge in [0.25, 0.3) is 0 Å². The quantitative estimate of drug-likeness (QED) is 0.794. The second-order valence-corrected chi connectivity index (χ2v) is 7.84. The van der Waals surface area contributed by atoms with Gasteiger partial charge in [-0.2, -0.15) is 0 Å².